The summed E-state index contributed by atoms with van der Waals surface area (Å²) >= 11 is 0. The number of hydrogen-bond acceptors (Lipinski definition) is 5. The van der Waals surface area contributed by atoms with E-state index in [9.17, 15) is 14.3 Å². The first kappa shape index (κ1) is 15.6. The molecular formula is C10H19O7P. The maximum atomic E-state index is 11.6. The zero-order valence-electron chi connectivity index (χ0n) is 10.6. The Morgan fingerprint density at radius 3 is 2.67 bits per heavy atom. The number of carbonyl (C=O) groups is 1. The Kier molecular flexibility index (Phi) is 5.31. The van der Waals surface area contributed by atoms with Gasteiger partial charge < -0.3 is 14.7 Å². The fraction of sp³-hybridized carbons (Fsp3) is 0.900. The van der Waals surface area contributed by atoms with Crippen LogP contribution >= 0.6 is 7.82 Å². The molecule has 1 rings (SSSR count). The normalized spacial score (nSPS) is 31.5. The number of hydrogen-bond donors (Lipinski definition) is 2. The molecule has 0 radical (unpaired) electrons. The summed E-state index contributed by atoms with van der Waals surface area (Å²) in [5, 5.41) is 8.90. The number of carboxylic acid groups (broad SMARTS) is 1. The van der Waals surface area contributed by atoms with Gasteiger partial charge in [-0.25, -0.2) is 9.36 Å². The quantitative estimate of drug-likeness (QED) is 0.710. The van der Waals surface area contributed by atoms with Crippen molar-refractivity contribution in [2.24, 2.45) is 5.92 Å². The van der Waals surface area contributed by atoms with Crippen molar-refractivity contribution in [1.29, 1.82) is 0 Å². The molecule has 1 aliphatic heterocycles. The summed E-state index contributed by atoms with van der Waals surface area (Å²) in [7, 11) is -4.24. The van der Waals surface area contributed by atoms with Gasteiger partial charge in [0.1, 0.15) is 6.10 Å². The smallest absolute Gasteiger partial charge is 0.472 e. The van der Waals surface area contributed by atoms with Crippen LogP contribution in [-0.4, -0.2) is 40.9 Å². The molecule has 7 nitrogen and oxygen atoms in total. The molecule has 2 unspecified atom stereocenters. The number of phosphoric ester groups is 1. The summed E-state index contributed by atoms with van der Waals surface area (Å²) in [6.07, 6.45) is -2.29. The highest BCUT2D eigenvalue weighted by atomic mass is 31.2. The minimum absolute atomic E-state index is 0.0641. The van der Waals surface area contributed by atoms with Crippen molar-refractivity contribution >= 4 is 13.8 Å². The fourth-order valence-corrected chi connectivity index (χ4v) is 2.69. The minimum atomic E-state index is -4.24. The van der Waals surface area contributed by atoms with Gasteiger partial charge >= 0.3 is 13.8 Å². The summed E-state index contributed by atoms with van der Waals surface area (Å²) in [6, 6.07) is 0. The average molecular weight is 282 g/mol. The molecule has 0 aliphatic carbocycles. The highest BCUT2D eigenvalue weighted by molar-refractivity contribution is 7.47. The maximum absolute atomic E-state index is 11.6. The van der Waals surface area contributed by atoms with Crippen molar-refractivity contribution in [1.82, 2.24) is 0 Å². The lowest BCUT2D eigenvalue weighted by molar-refractivity contribution is -0.152. The molecule has 1 fully saturated rings. The van der Waals surface area contributed by atoms with Crippen molar-refractivity contribution < 1.29 is 33.1 Å². The van der Waals surface area contributed by atoms with E-state index in [1.54, 1.807) is 6.92 Å². The molecular weight excluding hydrogens is 263 g/mol. The van der Waals surface area contributed by atoms with Crippen LogP contribution < -0.4 is 0 Å². The van der Waals surface area contributed by atoms with Crippen molar-refractivity contribution in [2.45, 2.75) is 45.5 Å². The topological polar surface area (TPSA) is 102 Å². The van der Waals surface area contributed by atoms with Gasteiger partial charge in [-0.2, -0.15) is 0 Å². The Morgan fingerprint density at radius 2 is 2.17 bits per heavy atom. The molecule has 1 saturated heterocycles. The van der Waals surface area contributed by atoms with Crippen LogP contribution in [0.1, 0.15) is 27.2 Å². The standard InChI is InChI=1S/C10H19O7P/c1-6(2)5-15-18(13,14)17-8-4-7(3)16-9(8)10(11)12/h6-9H,4-5H2,1-3H3,(H,11,12)(H,13,14)/t7-,8?,9-/m0/s1. The SMILES string of the molecule is CC(C)COP(=O)(O)OC1C[C@H](C)O[C@@H]1C(=O)O. The van der Waals surface area contributed by atoms with Crippen LogP contribution in [0.4, 0.5) is 0 Å². The van der Waals surface area contributed by atoms with E-state index in [-0.39, 0.29) is 25.0 Å². The van der Waals surface area contributed by atoms with Crippen molar-refractivity contribution in [2.75, 3.05) is 6.61 Å². The van der Waals surface area contributed by atoms with E-state index >= 15 is 0 Å². The Balaban J connectivity index is 2.59. The first-order valence-electron chi connectivity index (χ1n) is 5.75. The molecule has 0 spiro atoms. The van der Waals surface area contributed by atoms with Gasteiger partial charge in [0.2, 0.25) is 0 Å². The average Bonchev–Trinajstić information content (AvgIpc) is 2.56. The number of aliphatic carboxylic acids is 1. The molecule has 0 aromatic rings. The predicted molar refractivity (Wildman–Crippen MR) is 62.1 cm³/mol. The summed E-state index contributed by atoms with van der Waals surface area (Å²) < 4.78 is 26.3. The van der Waals surface area contributed by atoms with E-state index in [1.807, 2.05) is 13.8 Å². The summed E-state index contributed by atoms with van der Waals surface area (Å²) in [5.74, 6) is -1.14. The molecule has 4 atom stereocenters. The third-order valence-electron chi connectivity index (χ3n) is 2.36. The Bertz CT molecular complexity index is 343. The lowest BCUT2D eigenvalue weighted by atomic mass is 10.1. The van der Waals surface area contributed by atoms with E-state index in [1.165, 1.54) is 0 Å². The minimum Gasteiger partial charge on any atom is -0.479 e. The highest BCUT2D eigenvalue weighted by Crippen LogP contribution is 2.47. The third kappa shape index (κ3) is 4.66. The molecule has 0 amide bonds. The highest BCUT2D eigenvalue weighted by Gasteiger charge is 2.43. The third-order valence-corrected chi connectivity index (χ3v) is 3.38. The molecule has 0 aromatic heterocycles. The monoisotopic (exact) mass is 282 g/mol. The van der Waals surface area contributed by atoms with Crippen molar-refractivity contribution in [3.8, 4) is 0 Å². The Labute approximate surface area is 106 Å². The van der Waals surface area contributed by atoms with Crippen LogP contribution in [0.3, 0.4) is 0 Å². The summed E-state index contributed by atoms with van der Waals surface area (Å²) in [6.45, 7) is 5.38. The van der Waals surface area contributed by atoms with Gasteiger partial charge in [0, 0.05) is 6.42 Å². The first-order chi connectivity index (χ1) is 8.21. The molecule has 2 N–H and O–H groups in total. The molecule has 1 aliphatic rings. The second-order valence-corrected chi connectivity index (χ2v) is 6.15. The molecule has 0 saturated carbocycles. The zero-order valence-corrected chi connectivity index (χ0v) is 11.5. The van der Waals surface area contributed by atoms with Crippen LogP contribution in [0.15, 0.2) is 0 Å². The van der Waals surface area contributed by atoms with E-state index in [0.29, 0.717) is 0 Å². The van der Waals surface area contributed by atoms with Gasteiger partial charge in [-0.1, -0.05) is 13.8 Å². The summed E-state index contributed by atoms with van der Waals surface area (Å²) in [4.78, 5) is 20.4. The van der Waals surface area contributed by atoms with E-state index in [0.717, 1.165) is 0 Å². The Morgan fingerprint density at radius 1 is 1.56 bits per heavy atom. The van der Waals surface area contributed by atoms with Gasteiger partial charge in [0.15, 0.2) is 6.10 Å². The molecule has 1 heterocycles. The molecule has 18 heavy (non-hydrogen) atoms. The number of ether oxygens (including phenoxy) is 1. The first-order valence-corrected chi connectivity index (χ1v) is 7.25. The van der Waals surface area contributed by atoms with Crippen molar-refractivity contribution in [3.05, 3.63) is 0 Å². The molecule has 106 valence electrons. The van der Waals surface area contributed by atoms with Crippen LogP contribution in [0, 0.1) is 5.92 Å². The second-order valence-electron chi connectivity index (χ2n) is 4.74. The zero-order chi connectivity index (χ0) is 13.9. The van der Waals surface area contributed by atoms with Gasteiger partial charge in [0.25, 0.3) is 0 Å². The number of rotatable bonds is 6. The van der Waals surface area contributed by atoms with Gasteiger partial charge in [-0.05, 0) is 12.8 Å². The lowest BCUT2D eigenvalue weighted by Gasteiger charge is -2.19. The van der Waals surface area contributed by atoms with Crippen molar-refractivity contribution in [3.63, 3.8) is 0 Å². The van der Waals surface area contributed by atoms with E-state index < -0.39 is 26.0 Å². The molecule has 0 aromatic carbocycles. The summed E-state index contributed by atoms with van der Waals surface area (Å²) in [5.41, 5.74) is 0. The van der Waals surface area contributed by atoms with Gasteiger partial charge in [-0.15, -0.1) is 0 Å². The van der Waals surface area contributed by atoms with E-state index in [4.69, 9.17) is 18.9 Å². The lowest BCUT2D eigenvalue weighted by Crippen LogP contribution is -2.32. The molecule has 8 heteroatoms. The predicted octanol–water partition coefficient (Wildman–Crippen LogP) is 1.41. The number of carboxylic acids is 1. The second kappa shape index (κ2) is 6.12. The fourth-order valence-electron chi connectivity index (χ4n) is 1.60. The Hall–Kier alpha value is -0.460. The van der Waals surface area contributed by atoms with Crippen LogP contribution in [-0.2, 0) is 23.1 Å². The largest absolute Gasteiger partial charge is 0.479 e. The van der Waals surface area contributed by atoms with Gasteiger partial charge in [-0.3, -0.25) is 9.05 Å². The van der Waals surface area contributed by atoms with Crippen LogP contribution in [0.2, 0.25) is 0 Å². The van der Waals surface area contributed by atoms with Gasteiger partial charge in [0.05, 0.1) is 12.7 Å². The number of phosphoric acid groups is 1. The maximum Gasteiger partial charge on any atom is 0.472 e. The van der Waals surface area contributed by atoms with Crippen LogP contribution in [0.5, 0.6) is 0 Å². The van der Waals surface area contributed by atoms with Crippen LogP contribution in [0.25, 0.3) is 0 Å². The van der Waals surface area contributed by atoms with E-state index in [2.05, 4.69) is 0 Å². The molecule has 0 bridgehead atoms.